The van der Waals surface area contributed by atoms with Crippen molar-refractivity contribution in [1.29, 1.82) is 0 Å². The van der Waals surface area contributed by atoms with Gasteiger partial charge in [-0.1, -0.05) is 0 Å². The van der Waals surface area contributed by atoms with Crippen LogP contribution < -0.4 is 10.6 Å². The first-order valence-electron chi connectivity index (χ1n) is 7.23. The fourth-order valence-electron chi connectivity index (χ4n) is 2.07. The average molecular weight is 331 g/mol. The number of nitro groups is 1. The molecule has 0 saturated carbocycles. The number of rotatable bonds is 6. The summed E-state index contributed by atoms with van der Waals surface area (Å²) in [5.74, 6) is -0.892. The van der Waals surface area contributed by atoms with Gasteiger partial charge in [0, 0.05) is 30.1 Å². The summed E-state index contributed by atoms with van der Waals surface area (Å²) in [5.41, 5.74) is 0.168. The Morgan fingerprint density at radius 3 is 2.71 bits per heavy atom. The molecule has 0 spiro atoms. The van der Waals surface area contributed by atoms with Gasteiger partial charge in [0.05, 0.1) is 17.8 Å². The van der Waals surface area contributed by atoms with Gasteiger partial charge in [0.2, 0.25) is 5.91 Å². The molecule has 1 aromatic carbocycles. The number of hydrogen-bond donors (Lipinski definition) is 2. The minimum atomic E-state index is -0.572. The second-order valence-corrected chi connectivity index (χ2v) is 5.34. The molecule has 24 heavy (non-hydrogen) atoms. The molecule has 0 aliphatic heterocycles. The lowest BCUT2D eigenvalue weighted by atomic mass is 10.1. The normalized spacial score (nSPS) is 10.5. The van der Waals surface area contributed by atoms with E-state index in [1.54, 1.807) is 20.0 Å². The summed E-state index contributed by atoms with van der Waals surface area (Å²) < 4.78 is 1.48. The molecule has 2 amide bonds. The molecule has 0 unspecified atom stereocenters. The number of hydrogen-bond acceptors (Lipinski definition) is 5. The van der Waals surface area contributed by atoms with E-state index in [9.17, 15) is 19.7 Å². The molecule has 2 rings (SSSR count). The lowest BCUT2D eigenvalue weighted by molar-refractivity contribution is -0.384. The first-order valence-corrected chi connectivity index (χ1v) is 7.23. The van der Waals surface area contributed by atoms with Gasteiger partial charge in [-0.15, -0.1) is 0 Å². The molecule has 9 nitrogen and oxygen atoms in total. The topological polar surface area (TPSA) is 119 Å². The number of imidazole rings is 1. The van der Waals surface area contributed by atoms with Crippen molar-refractivity contribution < 1.29 is 14.5 Å². The van der Waals surface area contributed by atoms with Crippen molar-refractivity contribution in [2.45, 2.75) is 19.9 Å². The molecule has 0 atom stereocenters. The van der Waals surface area contributed by atoms with Gasteiger partial charge in [0.25, 0.3) is 11.6 Å². The quantitative estimate of drug-likeness (QED) is 0.605. The molecule has 9 heteroatoms. The van der Waals surface area contributed by atoms with Crippen LogP contribution in [0.15, 0.2) is 36.9 Å². The van der Waals surface area contributed by atoms with Gasteiger partial charge in [-0.25, -0.2) is 4.98 Å². The van der Waals surface area contributed by atoms with E-state index in [2.05, 4.69) is 15.6 Å². The Labute approximate surface area is 137 Å². The van der Waals surface area contributed by atoms with Crippen molar-refractivity contribution in [3.05, 3.63) is 52.6 Å². The van der Waals surface area contributed by atoms with Crippen LogP contribution in [0.5, 0.6) is 0 Å². The van der Waals surface area contributed by atoms with Gasteiger partial charge in [0.1, 0.15) is 5.69 Å². The molecular weight excluding hydrogens is 314 g/mol. The molecule has 2 N–H and O–H groups in total. The molecule has 0 bridgehead atoms. The third-order valence-electron chi connectivity index (χ3n) is 3.08. The molecule has 0 aliphatic rings. The molecule has 126 valence electrons. The Bertz CT molecular complexity index is 755. The van der Waals surface area contributed by atoms with Crippen LogP contribution in [0.25, 0.3) is 5.69 Å². The van der Waals surface area contributed by atoms with Gasteiger partial charge >= 0.3 is 0 Å². The first kappa shape index (κ1) is 17.1. The van der Waals surface area contributed by atoms with Crippen molar-refractivity contribution in [2.24, 2.45) is 0 Å². The second kappa shape index (κ2) is 7.36. The zero-order chi connectivity index (χ0) is 17.7. The van der Waals surface area contributed by atoms with Crippen LogP contribution in [0.1, 0.15) is 24.2 Å². The Morgan fingerprint density at radius 2 is 2.12 bits per heavy atom. The van der Waals surface area contributed by atoms with E-state index in [4.69, 9.17) is 0 Å². The van der Waals surface area contributed by atoms with Gasteiger partial charge in [-0.3, -0.25) is 19.7 Å². The van der Waals surface area contributed by atoms with Crippen molar-refractivity contribution in [1.82, 2.24) is 20.2 Å². The minimum Gasteiger partial charge on any atom is -0.352 e. The van der Waals surface area contributed by atoms with Crippen molar-refractivity contribution in [3.8, 4) is 5.69 Å². The van der Waals surface area contributed by atoms with Crippen LogP contribution in [0, 0.1) is 10.1 Å². The molecule has 0 aliphatic carbocycles. The Hall–Kier alpha value is -3.23. The monoisotopic (exact) mass is 331 g/mol. The maximum absolute atomic E-state index is 12.1. The molecule has 1 aromatic heterocycles. The maximum atomic E-state index is 12.1. The van der Waals surface area contributed by atoms with Gasteiger partial charge in [-0.05, 0) is 26.0 Å². The molecule has 0 saturated heterocycles. The zero-order valence-electron chi connectivity index (χ0n) is 13.2. The van der Waals surface area contributed by atoms with Crippen molar-refractivity contribution in [3.63, 3.8) is 0 Å². The second-order valence-electron chi connectivity index (χ2n) is 5.34. The number of carbonyl (C=O) groups excluding carboxylic acids is 2. The van der Waals surface area contributed by atoms with Crippen LogP contribution in [-0.2, 0) is 4.79 Å². The predicted molar refractivity (Wildman–Crippen MR) is 85.8 cm³/mol. The summed E-state index contributed by atoms with van der Waals surface area (Å²) in [6.07, 6.45) is 4.49. The third kappa shape index (κ3) is 4.15. The van der Waals surface area contributed by atoms with E-state index in [0.29, 0.717) is 5.69 Å². The maximum Gasteiger partial charge on any atom is 0.294 e. The van der Waals surface area contributed by atoms with E-state index < -0.39 is 10.8 Å². The number of nitrogens with one attached hydrogen (secondary N) is 2. The predicted octanol–water partition coefficient (Wildman–Crippen LogP) is 1.03. The van der Waals surface area contributed by atoms with Crippen LogP contribution in [0.2, 0.25) is 0 Å². The third-order valence-corrected chi connectivity index (χ3v) is 3.08. The fraction of sp³-hybridized carbons (Fsp3) is 0.267. The SMILES string of the molecule is CC(C)NC(=O)CNC(=O)c1ccc(-n2ccnc2)c([N+](=O)[O-])c1. The highest BCUT2D eigenvalue weighted by atomic mass is 16.6. The highest BCUT2D eigenvalue weighted by molar-refractivity contribution is 5.97. The Kier molecular flexibility index (Phi) is 5.25. The van der Waals surface area contributed by atoms with Gasteiger partial charge in [0.15, 0.2) is 0 Å². The molecule has 1 heterocycles. The molecule has 0 fully saturated rings. The number of amides is 2. The summed E-state index contributed by atoms with van der Waals surface area (Å²) in [7, 11) is 0. The average Bonchev–Trinajstić information content (AvgIpc) is 3.05. The number of nitrogens with zero attached hydrogens (tertiary/aromatic N) is 3. The summed E-state index contributed by atoms with van der Waals surface area (Å²) in [5, 5.41) is 16.3. The summed E-state index contributed by atoms with van der Waals surface area (Å²) in [6, 6.07) is 4.05. The molecule has 2 aromatic rings. The Balaban J connectivity index is 2.16. The van der Waals surface area contributed by atoms with Crippen LogP contribution in [0.3, 0.4) is 0 Å². The van der Waals surface area contributed by atoms with E-state index in [-0.39, 0.29) is 29.7 Å². The molecule has 0 radical (unpaired) electrons. The smallest absolute Gasteiger partial charge is 0.294 e. The Morgan fingerprint density at radius 1 is 1.38 bits per heavy atom. The number of benzene rings is 1. The van der Waals surface area contributed by atoms with Crippen LogP contribution in [0.4, 0.5) is 5.69 Å². The largest absolute Gasteiger partial charge is 0.352 e. The van der Waals surface area contributed by atoms with Gasteiger partial charge in [-0.2, -0.15) is 0 Å². The lowest BCUT2D eigenvalue weighted by Crippen LogP contribution is -2.39. The van der Waals surface area contributed by atoms with Crippen LogP contribution in [-0.4, -0.2) is 38.9 Å². The fourth-order valence-corrected chi connectivity index (χ4v) is 2.07. The number of nitro benzene ring substituents is 1. The number of aromatic nitrogens is 2. The highest BCUT2D eigenvalue weighted by Gasteiger charge is 2.19. The summed E-state index contributed by atoms with van der Waals surface area (Å²) in [6.45, 7) is 3.41. The number of carbonyl (C=O) groups is 2. The van der Waals surface area contributed by atoms with E-state index in [1.165, 1.54) is 35.3 Å². The lowest BCUT2D eigenvalue weighted by Gasteiger charge is -2.10. The van der Waals surface area contributed by atoms with Crippen LogP contribution >= 0.6 is 0 Å². The standard InChI is InChI=1S/C15H17N5O4/c1-10(2)18-14(21)8-17-15(22)11-3-4-12(13(7-11)20(23)24)19-6-5-16-9-19/h3-7,9-10H,8H2,1-2H3,(H,17,22)(H,18,21). The zero-order valence-corrected chi connectivity index (χ0v) is 13.2. The van der Waals surface area contributed by atoms with E-state index >= 15 is 0 Å². The van der Waals surface area contributed by atoms with Crippen molar-refractivity contribution >= 4 is 17.5 Å². The minimum absolute atomic E-state index is 0.0371. The van der Waals surface area contributed by atoms with E-state index in [1.807, 2.05) is 0 Å². The summed E-state index contributed by atoms with van der Waals surface area (Å²) in [4.78, 5) is 38.1. The highest BCUT2D eigenvalue weighted by Crippen LogP contribution is 2.24. The van der Waals surface area contributed by atoms with Crippen molar-refractivity contribution in [2.75, 3.05) is 6.54 Å². The molecular formula is C15H17N5O4. The summed E-state index contributed by atoms with van der Waals surface area (Å²) >= 11 is 0. The van der Waals surface area contributed by atoms with Gasteiger partial charge < -0.3 is 15.2 Å². The van der Waals surface area contributed by atoms with E-state index in [0.717, 1.165) is 0 Å². The first-order chi connectivity index (χ1) is 11.4.